The number of ether oxygens (including phenoxy) is 1. The lowest BCUT2D eigenvalue weighted by Gasteiger charge is -2.22. The van der Waals surface area contributed by atoms with Crippen molar-refractivity contribution >= 4 is 11.6 Å². The summed E-state index contributed by atoms with van der Waals surface area (Å²) < 4.78 is 31.5. The summed E-state index contributed by atoms with van der Waals surface area (Å²) in [6, 6.07) is 3.61. The molecule has 0 saturated heterocycles. The third-order valence-electron chi connectivity index (χ3n) is 2.55. The van der Waals surface area contributed by atoms with E-state index in [-0.39, 0.29) is 5.56 Å². The van der Waals surface area contributed by atoms with Gasteiger partial charge in [-0.2, -0.15) is 8.78 Å². The lowest BCUT2D eigenvalue weighted by molar-refractivity contribution is 0.0487. The van der Waals surface area contributed by atoms with Crippen molar-refractivity contribution in [2.45, 2.75) is 17.8 Å². The highest BCUT2D eigenvalue weighted by Gasteiger charge is 2.40. The third kappa shape index (κ3) is 1.98. The van der Waals surface area contributed by atoms with Gasteiger partial charge in [-0.3, -0.25) is 5.84 Å². The number of para-hydroxylation sites is 1. The monoisotopic (exact) mass is 248 g/mol. The van der Waals surface area contributed by atoms with Gasteiger partial charge >= 0.3 is 5.38 Å². The van der Waals surface area contributed by atoms with Gasteiger partial charge in [0.1, 0.15) is 11.8 Å². The Morgan fingerprint density at radius 2 is 2.25 bits per heavy atom. The fourth-order valence-corrected chi connectivity index (χ4v) is 2.01. The molecule has 0 aliphatic carbocycles. The van der Waals surface area contributed by atoms with Gasteiger partial charge in [-0.05, 0) is 17.2 Å². The van der Waals surface area contributed by atoms with Crippen LogP contribution in [0.1, 0.15) is 17.2 Å². The van der Waals surface area contributed by atoms with Crippen LogP contribution in [0.5, 0.6) is 5.75 Å². The van der Waals surface area contributed by atoms with Crippen molar-refractivity contribution in [1.82, 2.24) is 5.43 Å². The molecule has 3 nitrogen and oxygen atoms in total. The number of rotatable bonds is 3. The molecule has 0 bridgehead atoms. The number of halogens is 3. The molecule has 1 aromatic rings. The van der Waals surface area contributed by atoms with Crippen molar-refractivity contribution in [1.29, 1.82) is 0 Å². The van der Waals surface area contributed by atoms with Crippen molar-refractivity contribution in [2.24, 2.45) is 5.84 Å². The summed E-state index contributed by atoms with van der Waals surface area (Å²) in [5.74, 6) is 5.58. The molecule has 1 atom stereocenters. The van der Waals surface area contributed by atoms with E-state index in [4.69, 9.17) is 22.2 Å². The predicted molar refractivity (Wildman–Crippen MR) is 56.5 cm³/mol. The second-order valence-electron chi connectivity index (χ2n) is 3.58. The quantitative estimate of drug-likeness (QED) is 0.488. The van der Waals surface area contributed by atoms with Crippen molar-refractivity contribution in [3.8, 4) is 5.75 Å². The summed E-state index contributed by atoms with van der Waals surface area (Å²) in [5, 5.41) is -3.46. The Balaban J connectivity index is 2.43. The molecule has 1 aliphatic heterocycles. The van der Waals surface area contributed by atoms with E-state index in [9.17, 15) is 8.78 Å². The van der Waals surface area contributed by atoms with Crippen molar-refractivity contribution in [3.63, 3.8) is 0 Å². The summed E-state index contributed by atoms with van der Waals surface area (Å²) in [7, 11) is 0. The fraction of sp³-hybridized carbons (Fsp3) is 0.400. The van der Waals surface area contributed by atoms with Gasteiger partial charge in [0.15, 0.2) is 0 Å². The van der Waals surface area contributed by atoms with E-state index in [1.54, 1.807) is 6.07 Å². The number of nitrogens with one attached hydrogen (secondary N) is 1. The topological polar surface area (TPSA) is 47.3 Å². The second-order valence-corrected chi connectivity index (χ2v) is 4.08. The van der Waals surface area contributed by atoms with Crippen LogP contribution in [-0.4, -0.2) is 12.0 Å². The number of fused-ring (bicyclic) bond motifs is 1. The maximum atomic E-state index is 13.1. The fourth-order valence-electron chi connectivity index (χ4n) is 1.83. The first-order valence-corrected chi connectivity index (χ1v) is 5.19. The maximum Gasteiger partial charge on any atom is 0.342 e. The van der Waals surface area contributed by atoms with Gasteiger partial charge in [-0.25, -0.2) is 5.43 Å². The predicted octanol–water partition coefficient (Wildman–Crippen LogP) is 1.96. The van der Waals surface area contributed by atoms with Crippen molar-refractivity contribution < 1.29 is 13.5 Å². The zero-order valence-electron chi connectivity index (χ0n) is 8.34. The molecule has 0 fully saturated rings. The van der Waals surface area contributed by atoms with E-state index < -0.39 is 11.4 Å². The second kappa shape index (κ2) is 4.16. The van der Waals surface area contributed by atoms with Crippen LogP contribution in [0, 0.1) is 0 Å². The summed E-state index contributed by atoms with van der Waals surface area (Å²) in [6.45, 7) is 0.498. The number of hydrogen-bond acceptors (Lipinski definition) is 3. The van der Waals surface area contributed by atoms with Crippen LogP contribution in [0.15, 0.2) is 18.2 Å². The first-order chi connectivity index (χ1) is 7.54. The lowest BCUT2D eigenvalue weighted by atomic mass is 10.0. The minimum Gasteiger partial charge on any atom is -0.493 e. The van der Waals surface area contributed by atoms with Gasteiger partial charge in [0, 0.05) is 12.0 Å². The number of benzene rings is 1. The van der Waals surface area contributed by atoms with Crippen LogP contribution in [0.4, 0.5) is 8.78 Å². The third-order valence-corrected chi connectivity index (χ3v) is 2.77. The van der Waals surface area contributed by atoms with Gasteiger partial charge in [-0.1, -0.05) is 18.2 Å². The molecular formula is C10H11ClF2N2O. The molecular weight excluding hydrogens is 238 g/mol. The van der Waals surface area contributed by atoms with Crippen LogP contribution >= 0.6 is 11.6 Å². The Morgan fingerprint density at radius 1 is 1.50 bits per heavy atom. The maximum absolute atomic E-state index is 13.1. The molecule has 1 heterocycles. The molecule has 88 valence electrons. The summed E-state index contributed by atoms with van der Waals surface area (Å²) in [5.41, 5.74) is 3.22. The van der Waals surface area contributed by atoms with Gasteiger partial charge in [0.25, 0.3) is 0 Å². The minimum atomic E-state index is -3.46. The standard InChI is InChI=1S/C10H11ClF2N2O/c11-10(12,13)9(15-14)7-3-1-2-6-4-5-16-8(6)7/h1-3,9,15H,4-5,14H2. The Kier molecular flexibility index (Phi) is 3.01. The van der Waals surface area contributed by atoms with E-state index in [2.05, 4.69) is 0 Å². The summed E-state index contributed by atoms with van der Waals surface area (Å²) in [6.07, 6.45) is 0.717. The van der Waals surface area contributed by atoms with Crippen LogP contribution < -0.4 is 16.0 Å². The SMILES string of the molecule is NNC(c1cccc2c1OCC2)C(F)(F)Cl. The zero-order valence-corrected chi connectivity index (χ0v) is 9.10. The molecule has 0 spiro atoms. The van der Waals surface area contributed by atoms with Crippen LogP contribution in [0.2, 0.25) is 0 Å². The molecule has 16 heavy (non-hydrogen) atoms. The Labute approximate surface area is 96.5 Å². The van der Waals surface area contributed by atoms with Crippen LogP contribution in [0.3, 0.4) is 0 Å². The molecule has 3 N–H and O–H groups in total. The number of nitrogens with two attached hydrogens (primary N) is 1. The van der Waals surface area contributed by atoms with E-state index in [1.165, 1.54) is 6.07 Å². The van der Waals surface area contributed by atoms with E-state index in [0.717, 1.165) is 5.56 Å². The summed E-state index contributed by atoms with van der Waals surface area (Å²) >= 11 is 5.00. The Hall–Kier alpha value is -0.910. The van der Waals surface area contributed by atoms with Crippen LogP contribution in [-0.2, 0) is 6.42 Å². The largest absolute Gasteiger partial charge is 0.493 e. The first-order valence-electron chi connectivity index (χ1n) is 4.81. The molecule has 1 aromatic carbocycles. The summed E-state index contributed by atoms with van der Waals surface area (Å²) in [4.78, 5) is 0. The number of hydrogen-bond donors (Lipinski definition) is 2. The average molecular weight is 249 g/mol. The molecule has 6 heteroatoms. The van der Waals surface area contributed by atoms with Gasteiger partial charge in [0.2, 0.25) is 0 Å². The van der Waals surface area contributed by atoms with Crippen molar-refractivity contribution in [2.75, 3.05) is 6.61 Å². The van der Waals surface area contributed by atoms with E-state index >= 15 is 0 Å². The minimum absolute atomic E-state index is 0.289. The smallest absolute Gasteiger partial charge is 0.342 e. The molecule has 1 unspecified atom stereocenters. The number of alkyl halides is 3. The van der Waals surface area contributed by atoms with Gasteiger partial charge in [0.05, 0.1) is 6.61 Å². The normalized spacial score (nSPS) is 16.8. The van der Waals surface area contributed by atoms with Gasteiger partial charge in [-0.15, -0.1) is 0 Å². The highest BCUT2D eigenvalue weighted by atomic mass is 35.5. The van der Waals surface area contributed by atoms with Gasteiger partial charge < -0.3 is 4.74 Å². The van der Waals surface area contributed by atoms with Crippen molar-refractivity contribution in [3.05, 3.63) is 29.3 Å². The molecule has 1 aliphatic rings. The molecule has 2 rings (SSSR count). The molecule has 0 saturated carbocycles. The Bertz CT molecular complexity index is 395. The average Bonchev–Trinajstić information content (AvgIpc) is 2.65. The molecule has 0 aromatic heterocycles. The Morgan fingerprint density at radius 3 is 2.88 bits per heavy atom. The number of hydrazine groups is 1. The zero-order chi connectivity index (χ0) is 11.8. The molecule has 0 amide bonds. The van der Waals surface area contributed by atoms with E-state index in [0.29, 0.717) is 18.8 Å². The first kappa shape index (κ1) is 11.6. The highest BCUT2D eigenvalue weighted by Crippen LogP contribution is 2.41. The molecule has 0 radical (unpaired) electrons. The highest BCUT2D eigenvalue weighted by molar-refractivity contribution is 6.22. The van der Waals surface area contributed by atoms with E-state index in [1.807, 2.05) is 11.5 Å². The van der Waals surface area contributed by atoms with Crippen LogP contribution in [0.25, 0.3) is 0 Å². The lowest BCUT2D eigenvalue weighted by Crippen LogP contribution is -2.38.